The Labute approximate surface area is 150 Å². The van der Waals surface area contributed by atoms with Crippen molar-refractivity contribution in [1.29, 1.82) is 0 Å². The summed E-state index contributed by atoms with van der Waals surface area (Å²) in [7, 11) is 0. The van der Waals surface area contributed by atoms with Crippen LogP contribution >= 0.6 is 11.3 Å². The minimum atomic E-state index is -0.0591. The highest BCUT2D eigenvalue weighted by atomic mass is 32.1. The molecule has 3 aromatic rings. The van der Waals surface area contributed by atoms with E-state index < -0.39 is 0 Å². The van der Waals surface area contributed by atoms with E-state index in [4.69, 9.17) is 4.74 Å². The number of carbonyl (C=O) groups is 1. The van der Waals surface area contributed by atoms with Gasteiger partial charge in [0.15, 0.2) is 0 Å². The second-order valence-electron chi connectivity index (χ2n) is 6.65. The summed E-state index contributed by atoms with van der Waals surface area (Å²) in [6.07, 6.45) is 0. The minimum absolute atomic E-state index is 0.0202. The van der Waals surface area contributed by atoms with Gasteiger partial charge in [-0.1, -0.05) is 19.9 Å². The first-order chi connectivity index (χ1) is 12.1. The van der Waals surface area contributed by atoms with E-state index in [1.807, 2.05) is 29.6 Å². The number of fused-ring (bicyclic) bond motifs is 3. The number of carbonyl (C=O) groups excluding carboxylic acids is 1. The Morgan fingerprint density at radius 2 is 2.24 bits per heavy atom. The largest absolute Gasteiger partial charge is 0.372 e. The van der Waals surface area contributed by atoms with Gasteiger partial charge in [0.2, 0.25) is 0 Å². The molecule has 0 fully saturated rings. The first kappa shape index (κ1) is 16.3. The summed E-state index contributed by atoms with van der Waals surface area (Å²) >= 11 is 1.67. The van der Waals surface area contributed by atoms with Crippen molar-refractivity contribution >= 4 is 28.3 Å². The van der Waals surface area contributed by atoms with Gasteiger partial charge in [-0.05, 0) is 35.6 Å². The predicted molar refractivity (Wildman–Crippen MR) is 98.8 cm³/mol. The van der Waals surface area contributed by atoms with Crippen molar-refractivity contribution in [2.45, 2.75) is 33.0 Å². The van der Waals surface area contributed by atoms with Gasteiger partial charge in [0.05, 0.1) is 23.7 Å². The van der Waals surface area contributed by atoms with Crippen LogP contribution in [0.3, 0.4) is 0 Å². The van der Waals surface area contributed by atoms with Crippen LogP contribution in [0.4, 0.5) is 0 Å². The van der Waals surface area contributed by atoms with Crippen LogP contribution in [-0.2, 0) is 17.9 Å². The molecular weight excluding hydrogens is 334 g/mol. The summed E-state index contributed by atoms with van der Waals surface area (Å²) in [5, 5.41) is 5.22. The number of thiophene rings is 1. The fourth-order valence-electron chi connectivity index (χ4n) is 3.26. The van der Waals surface area contributed by atoms with E-state index in [1.54, 1.807) is 11.3 Å². The van der Waals surface area contributed by atoms with Gasteiger partial charge in [-0.15, -0.1) is 11.3 Å². The molecule has 4 rings (SSSR count). The van der Waals surface area contributed by atoms with Crippen LogP contribution in [0.25, 0.3) is 11.0 Å². The lowest BCUT2D eigenvalue weighted by Crippen LogP contribution is -2.31. The molecule has 0 saturated heterocycles. The molecule has 1 aliphatic heterocycles. The summed E-state index contributed by atoms with van der Waals surface area (Å²) < 4.78 is 7.63. The minimum Gasteiger partial charge on any atom is -0.372 e. The van der Waals surface area contributed by atoms with E-state index in [2.05, 4.69) is 34.8 Å². The molecule has 2 aromatic heterocycles. The molecule has 5 nitrogen and oxygen atoms in total. The Balaban J connectivity index is 1.61. The normalized spacial score (nSPS) is 15.3. The molecule has 1 aromatic carbocycles. The quantitative estimate of drug-likeness (QED) is 0.775. The van der Waals surface area contributed by atoms with E-state index >= 15 is 0 Å². The first-order valence-corrected chi connectivity index (χ1v) is 9.42. The number of hydrogen-bond donors (Lipinski definition) is 1. The van der Waals surface area contributed by atoms with E-state index in [0.29, 0.717) is 24.7 Å². The van der Waals surface area contributed by atoms with Gasteiger partial charge in [-0.25, -0.2) is 4.98 Å². The molecule has 25 heavy (non-hydrogen) atoms. The van der Waals surface area contributed by atoms with Crippen molar-refractivity contribution in [2.24, 2.45) is 5.92 Å². The van der Waals surface area contributed by atoms with Crippen molar-refractivity contribution in [3.63, 3.8) is 0 Å². The molecule has 0 spiro atoms. The summed E-state index contributed by atoms with van der Waals surface area (Å²) in [5.74, 6) is 1.19. The second kappa shape index (κ2) is 6.61. The maximum Gasteiger partial charge on any atom is 0.251 e. The highest BCUT2D eigenvalue weighted by Crippen LogP contribution is 2.27. The van der Waals surface area contributed by atoms with Gasteiger partial charge < -0.3 is 14.6 Å². The molecule has 1 atom stereocenters. The van der Waals surface area contributed by atoms with Gasteiger partial charge in [-0.3, -0.25) is 4.79 Å². The molecule has 1 N–H and O–H groups in total. The average Bonchev–Trinajstić information content (AvgIpc) is 3.26. The third kappa shape index (κ3) is 3.07. The van der Waals surface area contributed by atoms with Crippen molar-refractivity contribution in [2.75, 3.05) is 6.61 Å². The summed E-state index contributed by atoms with van der Waals surface area (Å²) in [6.45, 7) is 6.29. The number of imidazole rings is 1. The highest BCUT2D eigenvalue weighted by molar-refractivity contribution is 7.10. The Hall–Kier alpha value is -2.18. The smallest absolute Gasteiger partial charge is 0.251 e. The number of nitrogens with one attached hydrogen (secondary N) is 1. The fraction of sp³-hybridized carbons (Fsp3) is 0.368. The second-order valence-corrected chi connectivity index (χ2v) is 7.63. The van der Waals surface area contributed by atoms with Crippen molar-refractivity contribution in [3.05, 3.63) is 52.0 Å². The number of amides is 1. The Kier molecular flexibility index (Phi) is 4.31. The van der Waals surface area contributed by atoms with Crippen LogP contribution in [0.5, 0.6) is 0 Å². The number of aromatic nitrogens is 2. The average molecular weight is 355 g/mol. The topological polar surface area (TPSA) is 56.2 Å². The van der Waals surface area contributed by atoms with Gasteiger partial charge >= 0.3 is 0 Å². The highest BCUT2D eigenvalue weighted by Gasteiger charge is 2.21. The van der Waals surface area contributed by atoms with Crippen LogP contribution in [0.1, 0.15) is 40.9 Å². The number of nitrogens with zero attached hydrogens (tertiary/aromatic N) is 2. The first-order valence-electron chi connectivity index (χ1n) is 8.54. The molecule has 1 amide bonds. The van der Waals surface area contributed by atoms with Crippen LogP contribution in [0.15, 0.2) is 35.7 Å². The monoisotopic (exact) mass is 355 g/mol. The molecule has 0 bridgehead atoms. The van der Waals surface area contributed by atoms with E-state index in [0.717, 1.165) is 23.4 Å². The summed E-state index contributed by atoms with van der Waals surface area (Å²) in [4.78, 5) is 18.6. The number of ether oxygens (including phenoxy) is 1. The predicted octanol–water partition coefficient (Wildman–Crippen LogP) is 3.76. The lowest BCUT2D eigenvalue weighted by atomic mass is 10.0. The SMILES string of the molecule is CC(C)C(NC(=O)c1ccc2c(c1)nc1n2CCOC1)c1cccs1. The molecule has 1 unspecified atom stereocenters. The third-order valence-electron chi connectivity index (χ3n) is 4.58. The van der Waals surface area contributed by atoms with Crippen LogP contribution in [0, 0.1) is 5.92 Å². The van der Waals surface area contributed by atoms with Gasteiger partial charge in [0.1, 0.15) is 12.4 Å². The zero-order valence-corrected chi connectivity index (χ0v) is 15.2. The number of rotatable bonds is 4. The molecule has 0 aliphatic carbocycles. The van der Waals surface area contributed by atoms with Crippen molar-refractivity contribution in [3.8, 4) is 0 Å². The molecule has 1 aliphatic rings. The van der Waals surface area contributed by atoms with Gasteiger partial charge in [0.25, 0.3) is 5.91 Å². The molecule has 3 heterocycles. The summed E-state index contributed by atoms with van der Waals surface area (Å²) in [5.41, 5.74) is 2.56. The van der Waals surface area contributed by atoms with Crippen molar-refractivity contribution in [1.82, 2.24) is 14.9 Å². The Morgan fingerprint density at radius 1 is 1.36 bits per heavy atom. The number of benzene rings is 1. The van der Waals surface area contributed by atoms with Crippen LogP contribution < -0.4 is 5.32 Å². The standard InChI is InChI=1S/C19H21N3O2S/c1-12(2)18(16-4-3-9-25-16)21-19(23)13-5-6-15-14(10-13)20-17-11-24-8-7-22(15)17/h3-6,9-10,12,18H,7-8,11H2,1-2H3,(H,21,23). The maximum absolute atomic E-state index is 12.8. The van der Waals surface area contributed by atoms with Gasteiger partial charge in [0, 0.05) is 17.0 Å². The van der Waals surface area contributed by atoms with E-state index in [1.165, 1.54) is 4.88 Å². The lowest BCUT2D eigenvalue weighted by molar-refractivity contribution is 0.0830. The fourth-order valence-corrected chi connectivity index (χ4v) is 4.21. The third-order valence-corrected chi connectivity index (χ3v) is 5.54. The molecule has 0 radical (unpaired) electrons. The molecule has 130 valence electrons. The van der Waals surface area contributed by atoms with E-state index in [9.17, 15) is 4.79 Å². The van der Waals surface area contributed by atoms with Crippen molar-refractivity contribution < 1.29 is 9.53 Å². The molecule has 0 saturated carbocycles. The zero-order chi connectivity index (χ0) is 17.4. The van der Waals surface area contributed by atoms with Crippen LogP contribution in [-0.4, -0.2) is 22.1 Å². The Morgan fingerprint density at radius 3 is 3.00 bits per heavy atom. The zero-order valence-electron chi connectivity index (χ0n) is 14.4. The van der Waals surface area contributed by atoms with Gasteiger partial charge in [-0.2, -0.15) is 0 Å². The van der Waals surface area contributed by atoms with Crippen LogP contribution in [0.2, 0.25) is 0 Å². The summed E-state index contributed by atoms with van der Waals surface area (Å²) in [6, 6.07) is 9.86. The number of hydrogen-bond acceptors (Lipinski definition) is 4. The lowest BCUT2D eigenvalue weighted by Gasteiger charge is -2.21. The maximum atomic E-state index is 12.8. The molecular formula is C19H21N3O2S. The molecule has 6 heteroatoms. The van der Waals surface area contributed by atoms with E-state index in [-0.39, 0.29) is 11.9 Å². The Bertz CT molecular complexity index is 899.